The molecule has 1 spiro atoms. The van der Waals surface area contributed by atoms with Crippen molar-refractivity contribution in [3.05, 3.63) is 63.9 Å². The van der Waals surface area contributed by atoms with Crippen LogP contribution >= 0.6 is 23.4 Å². The lowest BCUT2D eigenvalue weighted by Crippen LogP contribution is -2.46. The molecule has 0 atom stereocenters. The van der Waals surface area contributed by atoms with Crippen LogP contribution in [-0.4, -0.2) is 28.9 Å². The van der Waals surface area contributed by atoms with Crippen molar-refractivity contribution in [2.45, 2.75) is 30.6 Å². The number of piperidine rings is 1. The Balaban J connectivity index is 1.36. The fourth-order valence-electron chi connectivity index (χ4n) is 4.22. The van der Waals surface area contributed by atoms with E-state index in [0.717, 1.165) is 30.8 Å². The monoisotopic (exact) mass is 428 g/mol. The molecule has 1 aromatic carbocycles. The predicted octanol–water partition coefficient (Wildman–Crippen LogP) is 3.36. The van der Waals surface area contributed by atoms with Gasteiger partial charge in [-0.3, -0.25) is 0 Å². The first-order chi connectivity index (χ1) is 14.0. The third-order valence-corrected chi connectivity index (χ3v) is 7.24. The summed E-state index contributed by atoms with van der Waals surface area (Å²) in [5.41, 5.74) is 21.4. The second-order valence-corrected chi connectivity index (χ2v) is 9.23. The first-order valence-electron chi connectivity index (χ1n) is 9.64. The van der Waals surface area contributed by atoms with Crippen LogP contribution in [0, 0.1) is 5.41 Å². The van der Waals surface area contributed by atoms with Gasteiger partial charge in [-0.05, 0) is 48.3 Å². The quantitative estimate of drug-likeness (QED) is 0.393. The number of hydrogen-bond donors (Lipinski definition) is 3. The molecule has 0 saturated carbocycles. The summed E-state index contributed by atoms with van der Waals surface area (Å²) < 4.78 is 0. The van der Waals surface area contributed by atoms with Gasteiger partial charge in [0.25, 0.3) is 0 Å². The number of rotatable bonds is 3. The van der Waals surface area contributed by atoms with E-state index >= 15 is 0 Å². The number of thioether (sulfide) groups is 1. The summed E-state index contributed by atoms with van der Waals surface area (Å²) >= 11 is 7.44. The van der Waals surface area contributed by atoms with Gasteiger partial charge < -0.3 is 22.1 Å². The number of likely N-dealkylation sites (tertiary alicyclic amines) is 1. The number of nitrogen functional groups attached to an aromatic ring is 1. The molecule has 8 heteroatoms. The van der Waals surface area contributed by atoms with Crippen molar-refractivity contribution in [2.75, 3.05) is 18.8 Å². The Morgan fingerprint density at radius 3 is 2.45 bits per heavy atom. The Hall–Kier alpha value is -2.38. The third-order valence-electron chi connectivity index (χ3n) is 5.83. The average Bonchev–Trinajstić information content (AvgIpc) is 3.07. The minimum absolute atomic E-state index is 0.281. The molecule has 2 aliphatic rings. The molecule has 1 fully saturated rings. The van der Waals surface area contributed by atoms with Crippen LogP contribution in [0.1, 0.15) is 24.0 Å². The van der Waals surface area contributed by atoms with Crippen molar-refractivity contribution < 1.29 is 0 Å². The van der Waals surface area contributed by atoms with Gasteiger partial charge in [0.2, 0.25) is 0 Å². The van der Waals surface area contributed by atoms with Gasteiger partial charge in [-0.2, -0.15) is 0 Å². The highest BCUT2D eigenvalue weighted by atomic mass is 35.5. The minimum Gasteiger partial charge on any atom is -0.392 e. The Kier molecular flexibility index (Phi) is 5.61. The van der Waals surface area contributed by atoms with E-state index in [1.165, 1.54) is 35.7 Å². The number of pyridine rings is 1. The largest absolute Gasteiger partial charge is 0.392 e. The number of fused-ring (bicyclic) bond motifs is 1. The zero-order valence-electron chi connectivity index (χ0n) is 16.1. The maximum absolute atomic E-state index is 6.23. The van der Waals surface area contributed by atoms with E-state index in [1.54, 1.807) is 18.5 Å². The highest BCUT2D eigenvalue weighted by Gasteiger charge is 2.39. The highest BCUT2D eigenvalue weighted by molar-refractivity contribution is 8.03. The summed E-state index contributed by atoms with van der Waals surface area (Å²) in [5, 5.41) is 0.880. The summed E-state index contributed by atoms with van der Waals surface area (Å²) in [6.07, 6.45) is 7.76. The number of aromatic nitrogens is 1. The van der Waals surface area contributed by atoms with Crippen LogP contribution in [0.2, 0.25) is 5.02 Å². The molecule has 6 N–H and O–H groups in total. The number of nitrogens with two attached hydrogens (primary N) is 3. The molecule has 29 heavy (non-hydrogen) atoms. The van der Waals surface area contributed by atoms with Crippen molar-refractivity contribution >= 4 is 35.1 Å². The van der Waals surface area contributed by atoms with E-state index in [9.17, 15) is 0 Å². The van der Waals surface area contributed by atoms with Crippen LogP contribution in [0.25, 0.3) is 0 Å². The molecule has 0 bridgehead atoms. The number of halogens is 1. The second-order valence-electron chi connectivity index (χ2n) is 7.74. The van der Waals surface area contributed by atoms with Gasteiger partial charge >= 0.3 is 0 Å². The van der Waals surface area contributed by atoms with Gasteiger partial charge in [0.15, 0.2) is 5.96 Å². The van der Waals surface area contributed by atoms with Crippen molar-refractivity contribution in [2.24, 2.45) is 21.9 Å². The summed E-state index contributed by atoms with van der Waals surface area (Å²) in [6.45, 7) is 1.83. The van der Waals surface area contributed by atoms with Gasteiger partial charge in [-0.15, -0.1) is 0 Å². The van der Waals surface area contributed by atoms with E-state index in [1.807, 2.05) is 0 Å². The van der Waals surface area contributed by atoms with Gasteiger partial charge in [-0.1, -0.05) is 47.6 Å². The SMILES string of the molecule is NC(=N/C=C(\N)Sc1ccnc(N)c1Cl)N1CCC2(CC1)Cc1ccccc1C2. The van der Waals surface area contributed by atoms with Crippen LogP contribution in [0.3, 0.4) is 0 Å². The molecule has 0 unspecified atom stereocenters. The van der Waals surface area contributed by atoms with Gasteiger partial charge in [0.05, 0.1) is 16.3 Å². The zero-order valence-corrected chi connectivity index (χ0v) is 17.7. The Morgan fingerprint density at radius 1 is 1.14 bits per heavy atom. The number of aliphatic imine (C=N–C) groups is 1. The summed E-state index contributed by atoms with van der Waals surface area (Å²) in [5.74, 6) is 0.781. The van der Waals surface area contributed by atoms with E-state index in [2.05, 4.69) is 39.1 Å². The predicted molar refractivity (Wildman–Crippen MR) is 120 cm³/mol. The van der Waals surface area contributed by atoms with Crippen LogP contribution in [-0.2, 0) is 12.8 Å². The molecule has 1 aliphatic heterocycles. The first kappa shape index (κ1) is 19.9. The van der Waals surface area contributed by atoms with E-state index < -0.39 is 0 Å². The molecule has 1 aromatic heterocycles. The molecule has 6 nitrogen and oxygen atoms in total. The molecule has 2 aromatic rings. The number of anilines is 1. The maximum atomic E-state index is 6.23. The topological polar surface area (TPSA) is 107 Å². The third kappa shape index (κ3) is 4.31. The van der Waals surface area contributed by atoms with Crippen molar-refractivity contribution in [3.63, 3.8) is 0 Å². The second kappa shape index (κ2) is 8.16. The molecule has 4 rings (SSSR count). The summed E-state index contributed by atoms with van der Waals surface area (Å²) in [7, 11) is 0. The molecule has 0 radical (unpaired) electrons. The highest BCUT2D eigenvalue weighted by Crippen LogP contribution is 2.44. The zero-order chi connectivity index (χ0) is 20.4. The number of hydrogen-bond acceptors (Lipinski definition) is 5. The lowest BCUT2D eigenvalue weighted by Gasteiger charge is -2.39. The Morgan fingerprint density at radius 2 is 1.79 bits per heavy atom. The van der Waals surface area contributed by atoms with Crippen LogP contribution in [0.5, 0.6) is 0 Å². The molecular weight excluding hydrogens is 404 g/mol. The molecule has 1 saturated heterocycles. The van der Waals surface area contributed by atoms with Crippen molar-refractivity contribution in [3.8, 4) is 0 Å². The van der Waals surface area contributed by atoms with Crippen LogP contribution in [0.15, 0.2) is 57.6 Å². The van der Waals surface area contributed by atoms with Crippen molar-refractivity contribution in [1.82, 2.24) is 9.88 Å². The minimum atomic E-state index is 0.281. The van der Waals surface area contributed by atoms with Gasteiger partial charge in [0, 0.05) is 24.2 Å². The normalized spacial score (nSPS) is 18.9. The van der Waals surface area contributed by atoms with E-state index in [4.69, 9.17) is 28.8 Å². The molecule has 152 valence electrons. The number of guanidine groups is 1. The molecule has 2 heterocycles. The first-order valence-corrected chi connectivity index (χ1v) is 10.8. The standard InChI is InChI=1S/C21H25ClN6S/c22-18-16(5-8-26-19(18)24)29-17(23)13-27-20(25)28-9-6-21(7-10-28)11-14-3-1-2-4-15(14)12-21/h1-5,8,13H,6-7,9-12,23H2,(H2,24,26)(H2,25,27)/b17-13+. The number of nitrogens with zero attached hydrogens (tertiary/aromatic N) is 3. The van der Waals surface area contributed by atoms with Crippen molar-refractivity contribution in [1.29, 1.82) is 0 Å². The molecular formula is C21H25ClN6S. The van der Waals surface area contributed by atoms with Gasteiger partial charge in [0.1, 0.15) is 5.82 Å². The molecule has 0 amide bonds. The lowest BCUT2D eigenvalue weighted by atomic mass is 9.76. The van der Waals surface area contributed by atoms with Gasteiger partial charge in [-0.25, -0.2) is 9.98 Å². The fourth-order valence-corrected chi connectivity index (χ4v) is 5.13. The Labute approximate surface area is 180 Å². The fraction of sp³-hybridized carbons (Fsp3) is 0.333. The van der Waals surface area contributed by atoms with E-state index in [-0.39, 0.29) is 5.82 Å². The lowest BCUT2D eigenvalue weighted by molar-refractivity contribution is 0.157. The summed E-state index contributed by atoms with van der Waals surface area (Å²) in [4.78, 5) is 11.2. The van der Waals surface area contributed by atoms with Crippen LogP contribution < -0.4 is 17.2 Å². The average molecular weight is 429 g/mol. The Bertz CT molecular complexity index is 938. The summed E-state index contributed by atoms with van der Waals surface area (Å²) in [6, 6.07) is 10.6. The maximum Gasteiger partial charge on any atom is 0.195 e. The molecule has 1 aliphatic carbocycles. The smallest absolute Gasteiger partial charge is 0.195 e. The van der Waals surface area contributed by atoms with E-state index in [0.29, 0.717) is 21.4 Å². The van der Waals surface area contributed by atoms with Crippen LogP contribution in [0.4, 0.5) is 5.82 Å². The number of benzene rings is 1.